The summed E-state index contributed by atoms with van der Waals surface area (Å²) in [5, 5.41) is 12.2. The van der Waals surface area contributed by atoms with Crippen molar-refractivity contribution in [3.8, 4) is 0 Å². The van der Waals surface area contributed by atoms with Gasteiger partial charge in [0.1, 0.15) is 0 Å². The molecule has 1 aromatic heterocycles. The summed E-state index contributed by atoms with van der Waals surface area (Å²) >= 11 is 1.62. The Bertz CT molecular complexity index is 286. The molecule has 13 heavy (non-hydrogen) atoms. The molecule has 1 atom stereocenters. The molecule has 0 aromatic carbocycles. The van der Waals surface area contributed by atoms with Crippen LogP contribution in [0.2, 0.25) is 0 Å². The zero-order chi connectivity index (χ0) is 9.90. The molecule has 72 valence electrons. The van der Waals surface area contributed by atoms with Gasteiger partial charge in [-0.1, -0.05) is 6.08 Å². The van der Waals surface area contributed by atoms with Crippen molar-refractivity contribution in [1.82, 2.24) is 0 Å². The monoisotopic (exact) mass is 196 g/mol. The highest BCUT2D eigenvalue weighted by Crippen LogP contribution is 2.32. The molecular formula is C11H16OS. The normalized spacial score (nSPS) is 15.3. The molecule has 0 aliphatic rings. The third-order valence-electron chi connectivity index (χ3n) is 2.19. The van der Waals surface area contributed by atoms with Crippen LogP contribution in [0.25, 0.3) is 0 Å². The van der Waals surface area contributed by atoms with Crippen LogP contribution in [0.3, 0.4) is 0 Å². The van der Waals surface area contributed by atoms with Gasteiger partial charge < -0.3 is 5.11 Å². The van der Waals surface area contributed by atoms with E-state index in [9.17, 15) is 5.11 Å². The Kier molecular flexibility index (Phi) is 3.28. The summed E-state index contributed by atoms with van der Waals surface area (Å²) in [6.07, 6.45) is 3.44. The summed E-state index contributed by atoms with van der Waals surface area (Å²) < 4.78 is 0. The van der Waals surface area contributed by atoms with Gasteiger partial charge in [-0.15, -0.1) is 17.9 Å². The lowest BCUT2D eigenvalue weighted by molar-refractivity contribution is 0.0520. The lowest BCUT2D eigenvalue weighted by atomic mass is 9.96. The van der Waals surface area contributed by atoms with Crippen LogP contribution in [-0.2, 0) is 5.60 Å². The van der Waals surface area contributed by atoms with Crippen molar-refractivity contribution in [3.05, 3.63) is 34.5 Å². The molecule has 1 aromatic rings. The van der Waals surface area contributed by atoms with Gasteiger partial charge >= 0.3 is 0 Å². The molecule has 1 rings (SSSR count). The van der Waals surface area contributed by atoms with Crippen LogP contribution in [-0.4, -0.2) is 5.11 Å². The van der Waals surface area contributed by atoms with Crippen LogP contribution in [0.4, 0.5) is 0 Å². The average molecular weight is 196 g/mol. The number of hydrogen-bond acceptors (Lipinski definition) is 2. The van der Waals surface area contributed by atoms with E-state index >= 15 is 0 Å². The molecule has 0 radical (unpaired) electrons. The second-order valence-electron chi connectivity index (χ2n) is 3.53. The standard InChI is InChI=1S/C11H16OS/c1-4-5-7-11(3,12)10-9(2)6-8-13-10/h4,6,8,12H,1,5,7H2,2-3H3. The van der Waals surface area contributed by atoms with Gasteiger partial charge in [0.05, 0.1) is 5.60 Å². The maximum absolute atomic E-state index is 10.1. The minimum atomic E-state index is -0.688. The Morgan fingerprint density at radius 3 is 2.85 bits per heavy atom. The first-order chi connectivity index (χ1) is 6.08. The molecule has 0 saturated carbocycles. The quantitative estimate of drug-likeness (QED) is 0.733. The fourth-order valence-corrected chi connectivity index (χ4v) is 2.44. The fraction of sp³-hybridized carbons (Fsp3) is 0.455. The lowest BCUT2D eigenvalue weighted by Crippen LogP contribution is -2.20. The molecule has 0 aliphatic heterocycles. The summed E-state index contributed by atoms with van der Waals surface area (Å²) in [4.78, 5) is 1.08. The highest BCUT2D eigenvalue weighted by molar-refractivity contribution is 7.10. The van der Waals surface area contributed by atoms with E-state index in [1.165, 1.54) is 5.56 Å². The zero-order valence-electron chi connectivity index (χ0n) is 8.21. The number of hydrogen-bond donors (Lipinski definition) is 1. The highest BCUT2D eigenvalue weighted by atomic mass is 32.1. The second kappa shape index (κ2) is 4.07. The SMILES string of the molecule is C=CCCC(C)(O)c1sccc1C. The van der Waals surface area contributed by atoms with Crippen molar-refractivity contribution in [3.63, 3.8) is 0 Å². The van der Waals surface area contributed by atoms with Crippen LogP contribution >= 0.6 is 11.3 Å². The van der Waals surface area contributed by atoms with E-state index in [4.69, 9.17) is 0 Å². The Morgan fingerprint density at radius 2 is 2.38 bits per heavy atom. The molecule has 0 amide bonds. The van der Waals surface area contributed by atoms with Crippen LogP contribution < -0.4 is 0 Å². The van der Waals surface area contributed by atoms with Gasteiger partial charge in [-0.2, -0.15) is 0 Å². The largest absolute Gasteiger partial charge is 0.385 e. The maximum Gasteiger partial charge on any atom is 0.0965 e. The Labute approximate surface area is 83.7 Å². The van der Waals surface area contributed by atoms with Crippen LogP contribution in [0.1, 0.15) is 30.2 Å². The molecule has 0 saturated heterocycles. The zero-order valence-corrected chi connectivity index (χ0v) is 9.03. The van der Waals surface area contributed by atoms with E-state index in [1.807, 2.05) is 31.4 Å². The van der Waals surface area contributed by atoms with Crippen LogP contribution in [0.15, 0.2) is 24.1 Å². The average Bonchev–Trinajstić information content (AvgIpc) is 2.48. The van der Waals surface area contributed by atoms with Gasteiger partial charge in [0.15, 0.2) is 0 Å². The first-order valence-corrected chi connectivity index (χ1v) is 5.34. The van der Waals surface area contributed by atoms with Crippen molar-refractivity contribution < 1.29 is 5.11 Å². The molecule has 1 nitrogen and oxygen atoms in total. The molecule has 0 fully saturated rings. The van der Waals surface area contributed by atoms with Gasteiger partial charge in [0.2, 0.25) is 0 Å². The van der Waals surface area contributed by atoms with Gasteiger partial charge in [-0.3, -0.25) is 0 Å². The lowest BCUT2D eigenvalue weighted by Gasteiger charge is -2.22. The number of rotatable bonds is 4. The van der Waals surface area contributed by atoms with E-state index in [2.05, 4.69) is 6.58 Å². The predicted octanol–water partition coefficient (Wildman–Crippen LogP) is 3.23. The molecule has 1 unspecified atom stereocenters. The molecule has 0 spiro atoms. The minimum Gasteiger partial charge on any atom is -0.385 e. The van der Waals surface area contributed by atoms with Crippen molar-refractivity contribution >= 4 is 11.3 Å². The topological polar surface area (TPSA) is 20.2 Å². The summed E-state index contributed by atoms with van der Waals surface area (Å²) in [5.74, 6) is 0. The Morgan fingerprint density at radius 1 is 1.69 bits per heavy atom. The predicted molar refractivity (Wildman–Crippen MR) is 58.1 cm³/mol. The molecular weight excluding hydrogens is 180 g/mol. The summed E-state index contributed by atoms with van der Waals surface area (Å²) in [6.45, 7) is 7.57. The molecule has 0 bridgehead atoms. The molecule has 1 heterocycles. The van der Waals surface area contributed by atoms with E-state index in [1.54, 1.807) is 11.3 Å². The number of thiophene rings is 1. The van der Waals surface area contributed by atoms with Gasteiger partial charge in [-0.25, -0.2) is 0 Å². The Balaban J connectivity index is 2.80. The van der Waals surface area contributed by atoms with Gasteiger partial charge in [0, 0.05) is 4.88 Å². The number of allylic oxidation sites excluding steroid dienone is 1. The maximum atomic E-state index is 10.1. The number of aliphatic hydroxyl groups is 1. The molecule has 1 N–H and O–H groups in total. The van der Waals surface area contributed by atoms with E-state index in [0.717, 1.165) is 17.7 Å². The van der Waals surface area contributed by atoms with Crippen molar-refractivity contribution in [2.75, 3.05) is 0 Å². The smallest absolute Gasteiger partial charge is 0.0965 e. The van der Waals surface area contributed by atoms with Crippen molar-refractivity contribution in [1.29, 1.82) is 0 Å². The highest BCUT2D eigenvalue weighted by Gasteiger charge is 2.24. The Hall–Kier alpha value is -0.600. The van der Waals surface area contributed by atoms with E-state index in [-0.39, 0.29) is 0 Å². The molecule has 0 aliphatic carbocycles. The van der Waals surface area contributed by atoms with E-state index in [0.29, 0.717) is 0 Å². The van der Waals surface area contributed by atoms with Crippen LogP contribution in [0, 0.1) is 6.92 Å². The number of aryl methyl sites for hydroxylation is 1. The first-order valence-electron chi connectivity index (χ1n) is 4.46. The fourth-order valence-electron chi connectivity index (χ4n) is 1.42. The summed E-state index contributed by atoms with van der Waals surface area (Å²) in [6, 6.07) is 2.04. The van der Waals surface area contributed by atoms with Gasteiger partial charge in [0.25, 0.3) is 0 Å². The third-order valence-corrected chi connectivity index (χ3v) is 3.46. The third kappa shape index (κ3) is 2.42. The first kappa shape index (κ1) is 10.5. The summed E-state index contributed by atoms with van der Waals surface area (Å²) in [7, 11) is 0. The van der Waals surface area contributed by atoms with Crippen LogP contribution in [0.5, 0.6) is 0 Å². The second-order valence-corrected chi connectivity index (χ2v) is 4.45. The molecule has 2 heteroatoms. The van der Waals surface area contributed by atoms with E-state index < -0.39 is 5.60 Å². The van der Waals surface area contributed by atoms with Crippen molar-refractivity contribution in [2.24, 2.45) is 0 Å². The summed E-state index contributed by atoms with van der Waals surface area (Å²) in [5.41, 5.74) is 0.492. The van der Waals surface area contributed by atoms with Crippen molar-refractivity contribution in [2.45, 2.75) is 32.3 Å². The minimum absolute atomic E-state index is 0.688. The van der Waals surface area contributed by atoms with Gasteiger partial charge in [-0.05, 0) is 43.7 Å².